The van der Waals surface area contributed by atoms with Crippen molar-refractivity contribution in [2.45, 2.75) is 37.3 Å². The van der Waals surface area contributed by atoms with Crippen LogP contribution in [0.2, 0.25) is 0 Å². The summed E-state index contributed by atoms with van der Waals surface area (Å²) in [6.45, 7) is 0. The van der Waals surface area contributed by atoms with Gasteiger partial charge < -0.3 is 14.9 Å². The third-order valence-electron chi connectivity index (χ3n) is 5.75. The maximum atomic E-state index is 13.2. The van der Waals surface area contributed by atoms with Crippen molar-refractivity contribution in [1.82, 2.24) is 19.9 Å². The van der Waals surface area contributed by atoms with Crippen molar-refractivity contribution in [3.8, 4) is 0 Å². The number of rotatable bonds is 8. The number of aromatic amines is 1. The summed E-state index contributed by atoms with van der Waals surface area (Å²) in [5.41, 5.74) is 1.84. The predicted molar refractivity (Wildman–Crippen MR) is 124 cm³/mol. The van der Waals surface area contributed by atoms with Crippen molar-refractivity contribution >= 4 is 40.5 Å². The van der Waals surface area contributed by atoms with Gasteiger partial charge >= 0.3 is 0 Å². The second-order valence-electron chi connectivity index (χ2n) is 7.64. The van der Waals surface area contributed by atoms with Crippen LogP contribution < -0.4 is 5.32 Å². The maximum absolute atomic E-state index is 13.2. The molecule has 2 N–H and O–H groups in total. The molecule has 29 heavy (non-hydrogen) atoms. The van der Waals surface area contributed by atoms with Gasteiger partial charge in [-0.2, -0.15) is 23.5 Å². The van der Waals surface area contributed by atoms with Crippen LogP contribution in [-0.2, 0) is 10.3 Å². The molecule has 0 spiro atoms. The maximum Gasteiger partial charge on any atom is 0.222 e. The standard InChI is InChI=1S/C22H28N4OS2/c1-28-13-8-19(21-24-17-6-2-3-7-18(17)25-21)23-20(27)16-22(9-14-29-15-10-22)26-11-4-5-12-26/h2-7,11-12,19H,8-10,13-16H2,1H3,(H,23,27)(H,24,25)/t19-/m0/s1. The Kier molecular flexibility index (Phi) is 6.55. The molecule has 1 aliphatic rings. The highest BCUT2D eigenvalue weighted by Crippen LogP contribution is 2.37. The second-order valence-corrected chi connectivity index (χ2v) is 9.85. The van der Waals surface area contributed by atoms with Crippen LogP contribution in [0.25, 0.3) is 11.0 Å². The van der Waals surface area contributed by atoms with Gasteiger partial charge in [-0.15, -0.1) is 0 Å². The van der Waals surface area contributed by atoms with Crippen LogP contribution in [0.1, 0.15) is 37.5 Å². The number of aromatic nitrogens is 3. The van der Waals surface area contributed by atoms with Crippen molar-refractivity contribution in [3.05, 3.63) is 54.6 Å². The van der Waals surface area contributed by atoms with Crippen molar-refractivity contribution in [1.29, 1.82) is 0 Å². The molecule has 1 amide bonds. The minimum absolute atomic E-state index is 0.0953. The van der Waals surface area contributed by atoms with Gasteiger partial charge in [0, 0.05) is 12.4 Å². The summed E-state index contributed by atoms with van der Waals surface area (Å²) in [7, 11) is 0. The molecule has 0 aliphatic carbocycles. The molecule has 1 aliphatic heterocycles. The number of imidazole rings is 1. The Morgan fingerprint density at radius 3 is 2.76 bits per heavy atom. The van der Waals surface area contributed by atoms with E-state index in [0.29, 0.717) is 6.42 Å². The topological polar surface area (TPSA) is 62.7 Å². The quantitative estimate of drug-likeness (QED) is 0.551. The minimum atomic E-state index is -0.114. The number of nitrogens with one attached hydrogen (secondary N) is 2. The molecular weight excluding hydrogens is 400 g/mol. The van der Waals surface area contributed by atoms with E-state index in [4.69, 9.17) is 4.98 Å². The van der Waals surface area contributed by atoms with Gasteiger partial charge in [-0.1, -0.05) is 12.1 Å². The fourth-order valence-electron chi connectivity index (χ4n) is 4.12. The normalized spacial score (nSPS) is 17.3. The van der Waals surface area contributed by atoms with E-state index in [1.54, 1.807) is 11.8 Å². The first-order valence-corrected chi connectivity index (χ1v) is 12.7. The lowest BCUT2D eigenvalue weighted by molar-refractivity contribution is -0.124. The van der Waals surface area contributed by atoms with Gasteiger partial charge in [0.2, 0.25) is 5.91 Å². The van der Waals surface area contributed by atoms with Crippen LogP contribution in [0.4, 0.5) is 0 Å². The molecule has 1 aromatic carbocycles. The van der Waals surface area contributed by atoms with Gasteiger partial charge in [0.05, 0.1) is 29.0 Å². The second kappa shape index (κ2) is 9.30. The predicted octanol–water partition coefficient (Wildman–Crippen LogP) is 4.59. The first kappa shape index (κ1) is 20.4. The summed E-state index contributed by atoms with van der Waals surface area (Å²) in [5.74, 6) is 4.14. The van der Waals surface area contributed by atoms with E-state index >= 15 is 0 Å². The smallest absolute Gasteiger partial charge is 0.222 e. The van der Waals surface area contributed by atoms with Gasteiger partial charge in [0.25, 0.3) is 0 Å². The monoisotopic (exact) mass is 428 g/mol. The van der Waals surface area contributed by atoms with E-state index in [1.807, 2.05) is 36.0 Å². The van der Waals surface area contributed by atoms with Gasteiger partial charge in [-0.3, -0.25) is 4.79 Å². The number of benzene rings is 1. The number of amides is 1. The molecule has 3 heterocycles. The summed E-state index contributed by atoms with van der Waals surface area (Å²) < 4.78 is 2.25. The van der Waals surface area contributed by atoms with Gasteiger partial charge in [0.15, 0.2) is 0 Å². The van der Waals surface area contributed by atoms with Crippen LogP contribution >= 0.6 is 23.5 Å². The molecule has 2 aromatic heterocycles. The summed E-state index contributed by atoms with van der Waals surface area (Å²) in [6.07, 6.45) is 9.73. The Morgan fingerprint density at radius 2 is 2.03 bits per heavy atom. The number of carbonyl (C=O) groups is 1. The summed E-state index contributed by atoms with van der Waals surface area (Å²) in [4.78, 5) is 21.3. The SMILES string of the molecule is CSCC[C@H](NC(=O)CC1(n2cccc2)CCSCC1)c1nc2ccccc2[nH]1. The van der Waals surface area contributed by atoms with Crippen LogP contribution in [0.3, 0.4) is 0 Å². The summed E-state index contributed by atoms with van der Waals surface area (Å²) in [5, 5.41) is 3.30. The van der Waals surface area contributed by atoms with Gasteiger partial charge in [-0.05, 0) is 67.0 Å². The Hall–Kier alpha value is -1.86. The molecule has 5 nitrogen and oxygen atoms in total. The van der Waals surface area contributed by atoms with E-state index in [-0.39, 0.29) is 17.5 Å². The lowest BCUT2D eigenvalue weighted by Crippen LogP contribution is -2.42. The lowest BCUT2D eigenvalue weighted by Gasteiger charge is -2.38. The van der Waals surface area contributed by atoms with Crippen LogP contribution in [0.15, 0.2) is 48.8 Å². The average Bonchev–Trinajstić information content (AvgIpc) is 3.42. The Morgan fingerprint density at radius 1 is 1.28 bits per heavy atom. The summed E-state index contributed by atoms with van der Waals surface area (Å²) >= 11 is 3.77. The highest BCUT2D eigenvalue weighted by atomic mass is 32.2. The highest BCUT2D eigenvalue weighted by molar-refractivity contribution is 7.99. The van der Waals surface area contributed by atoms with Crippen LogP contribution in [-0.4, -0.2) is 44.0 Å². The zero-order valence-corrected chi connectivity index (χ0v) is 18.4. The van der Waals surface area contributed by atoms with E-state index in [9.17, 15) is 4.79 Å². The number of thioether (sulfide) groups is 2. The number of carbonyl (C=O) groups excluding carboxylic acids is 1. The zero-order chi connectivity index (χ0) is 20.1. The molecule has 1 fully saturated rings. The fraction of sp³-hybridized carbons (Fsp3) is 0.455. The molecule has 0 unspecified atom stereocenters. The Bertz CT molecular complexity index is 898. The minimum Gasteiger partial charge on any atom is -0.348 e. The number of hydrogen-bond acceptors (Lipinski definition) is 4. The number of nitrogens with zero attached hydrogens (tertiary/aromatic N) is 2. The molecule has 0 saturated carbocycles. The third kappa shape index (κ3) is 4.67. The van der Waals surface area contributed by atoms with Crippen molar-refractivity contribution in [2.24, 2.45) is 0 Å². The molecule has 1 atom stereocenters. The van der Waals surface area contributed by atoms with E-state index in [2.05, 4.69) is 45.7 Å². The first-order valence-electron chi connectivity index (χ1n) is 10.1. The Labute approximate surface area is 180 Å². The molecule has 1 saturated heterocycles. The number of para-hydroxylation sites is 2. The molecular formula is C22H28N4OS2. The van der Waals surface area contributed by atoms with Crippen LogP contribution in [0, 0.1) is 0 Å². The Balaban J connectivity index is 1.52. The average molecular weight is 429 g/mol. The zero-order valence-electron chi connectivity index (χ0n) is 16.8. The number of H-pyrrole nitrogens is 1. The lowest BCUT2D eigenvalue weighted by atomic mass is 9.87. The van der Waals surface area contributed by atoms with Gasteiger partial charge in [0.1, 0.15) is 5.82 Å². The molecule has 154 valence electrons. The van der Waals surface area contributed by atoms with E-state index in [1.165, 1.54) is 0 Å². The van der Waals surface area contributed by atoms with E-state index in [0.717, 1.165) is 53.4 Å². The van der Waals surface area contributed by atoms with Crippen molar-refractivity contribution in [3.63, 3.8) is 0 Å². The third-order valence-corrected chi connectivity index (χ3v) is 7.38. The molecule has 7 heteroatoms. The molecule has 4 rings (SSSR count). The van der Waals surface area contributed by atoms with Crippen LogP contribution in [0.5, 0.6) is 0 Å². The molecule has 0 radical (unpaired) electrons. The molecule has 3 aromatic rings. The summed E-state index contributed by atoms with van der Waals surface area (Å²) in [6, 6.07) is 12.0. The van der Waals surface area contributed by atoms with Crippen molar-refractivity contribution < 1.29 is 4.79 Å². The largest absolute Gasteiger partial charge is 0.348 e. The van der Waals surface area contributed by atoms with E-state index < -0.39 is 0 Å². The number of hydrogen-bond donors (Lipinski definition) is 2. The van der Waals surface area contributed by atoms with Crippen molar-refractivity contribution in [2.75, 3.05) is 23.5 Å². The van der Waals surface area contributed by atoms with Gasteiger partial charge in [-0.25, -0.2) is 4.98 Å². The first-order chi connectivity index (χ1) is 14.2. The number of fused-ring (bicyclic) bond motifs is 1. The fourth-order valence-corrected chi connectivity index (χ4v) is 5.85. The highest BCUT2D eigenvalue weighted by Gasteiger charge is 2.36. The molecule has 0 bridgehead atoms.